The van der Waals surface area contributed by atoms with Gasteiger partial charge in [-0.1, -0.05) is 67.1 Å². The molecule has 1 fully saturated rings. The highest BCUT2D eigenvalue weighted by Gasteiger charge is 2.46. The van der Waals surface area contributed by atoms with Gasteiger partial charge in [0.2, 0.25) is 0 Å². The molecule has 0 radical (unpaired) electrons. The molecule has 0 bridgehead atoms. The zero-order valence-electron chi connectivity index (χ0n) is 18.3. The summed E-state index contributed by atoms with van der Waals surface area (Å²) in [6, 6.07) is 21.1. The van der Waals surface area contributed by atoms with Crippen molar-refractivity contribution in [2.24, 2.45) is 0 Å². The van der Waals surface area contributed by atoms with Crippen LogP contribution in [0.5, 0.6) is 0 Å². The molecular formula is C25H34O5P+. The van der Waals surface area contributed by atoms with E-state index >= 15 is 0 Å². The van der Waals surface area contributed by atoms with Gasteiger partial charge in [-0.2, -0.15) is 18.8 Å². The molecule has 1 aliphatic carbocycles. The van der Waals surface area contributed by atoms with Crippen molar-refractivity contribution < 1.29 is 23.6 Å². The highest BCUT2D eigenvalue weighted by Crippen LogP contribution is 2.56. The Bertz CT molecular complexity index is 760. The SMILES string of the molecule is CC(=O)CCCCCO[P+](O)(O)OC1CCC(c2ccccc2)(c2ccccc2)CC1. The van der Waals surface area contributed by atoms with Gasteiger partial charge in [-0.3, -0.25) is 0 Å². The summed E-state index contributed by atoms with van der Waals surface area (Å²) < 4.78 is 10.9. The second-order valence-electron chi connectivity index (χ2n) is 8.46. The Morgan fingerprint density at radius 2 is 1.48 bits per heavy atom. The average Bonchev–Trinajstić information content (AvgIpc) is 2.77. The molecule has 1 saturated carbocycles. The highest BCUT2D eigenvalue weighted by atomic mass is 31.2. The summed E-state index contributed by atoms with van der Waals surface area (Å²) in [5, 5.41) is 0. The van der Waals surface area contributed by atoms with E-state index in [1.54, 1.807) is 6.92 Å². The van der Waals surface area contributed by atoms with Crippen molar-refractivity contribution in [3.8, 4) is 0 Å². The van der Waals surface area contributed by atoms with Crippen LogP contribution in [0.2, 0.25) is 0 Å². The largest absolute Gasteiger partial charge is 0.570 e. The molecule has 0 atom stereocenters. The molecule has 31 heavy (non-hydrogen) atoms. The third kappa shape index (κ3) is 6.93. The van der Waals surface area contributed by atoms with Crippen LogP contribution in [0.15, 0.2) is 60.7 Å². The molecule has 3 rings (SSSR count). The first-order valence-electron chi connectivity index (χ1n) is 11.2. The first kappa shape index (κ1) is 24.0. The number of carbonyl (C=O) groups excluding carboxylic acids is 1. The second kappa shape index (κ2) is 11.3. The molecule has 2 aromatic rings. The summed E-state index contributed by atoms with van der Waals surface area (Å²) in [6.45, 7) is 1.81. The molecule has 0 heterocycles. The van der Waals surface area contributed by atoms with Crippen LogP contribution in [0.25, 0.3) is 0 Å². The van der Waals surface area contributed by atoms with E-state index in [9.17, 15) is 14.6 Å². The molecule has 0 aliphatic heterocycles. The van der Waals surface area contributed by atoms with Crippen molar-refractivity contribution in [1.82, 2.24) is 0 Å². The van der Waals surface area contributed by atoms with Crippen molar-refractivity contribution >= 4 is 14.0 Å². The lowest BCUT2D eigenvalue weighted by Gasteiger charge is -2.40. The lowest BCUT2D eigenvalue weighted by atomic mass is 9.65. The average molecular weight is 446 g/mol. The predicted octanol–water partition coefficient (Wildman–Crippen LogP) is 5.76. The number of ketones is 1. The fraction of sp³-hybridized carbons (Fsp3) is 0.480. The smallest absolute Gasteiger partial charge is 0.300 e. The van der Waals surface area contributed by atoms with E-state index in [-0.39, 0.29) is 23.9 Å². The number of rotatable bonds is 11. The molecule has 0 saturated heterocycles. The summed E-state index contributed by atoms with van der Waals surface area (Å²) in [6.07, 6.45) is 5.82. The molecule has 168 valence electrons. The minimum Gasteiger partial charge on any atom is -0.300 e. The summed E-state index contributed by atoms with van der Waals surface area (Å²) in [5.74, 6) is 0.176. The molecule has 6 heteroatoms. The van der Waals surface area contributed by atoms with E-state index in [4.69, 9.17) is 9.05 Å². The summed E-state index contributed by atoms with van der Waals surface area (Å²) in [4.78, 5) is 31.4. The van der Waals surface area contributed by atoms with Crippen molar-refractivity contribution in [3.63, 3.8) is 0 Å². The number of carbonyl (C=O) groups is 1. The first-order chi connectivity index (χ1) is 14.9. The maximum absolute atomic E-state index is 11.0. The number of benzene rings is 2. The third-order valence-corrected chi connectivity index (χ3v) is 7.25. The molecule has 2 N–H and O–H groups in total. The van der Waals surface area contributed by atoms with Crippen LogP contribution in [0.4, 0.5) is 0 Å². The van der Waals surface area contributed by atoms with Crippen molar-refractivity contribution in [2.45, 2.75) is 69.8 Å². The molecule has 0 amide bonds. The van der Waals surface area contributed by atoms with Gasteiger partial charge in [0.15, 0.2) is 0 Å². The first-order valence-corrected chi connectivity index (χ1v) is 12.7. The third-order valence-electron chi connectivity index (χ3n) is 6.16. The maximum atomic E-state index is 11.0. The van der Waals surface area contributed by atoms with E-state index in [2.05, 4.69) is 48.5 Å². The van der Waals surface area contributed by atoms with E-state index in [1.807, 2.05) is 12.1 Å². The van der Waals surface area contributed by atoms with Crippen LogP contribution >= 0.6 is 8.17 Å². The standard InChI is InChI=1S/C25H34O5P/c1-21(26)11-5-4-10-20-29-31(27,28)30-24-16-18-25(19-17-24,22-12-6-2-7-13-22)23-14-8-3-9-15-23/h2-3,6-9,12-15,24,27-28H,4-5,10-11,16-20H2,1H3/q+1. The topological polar surface area (TPSA) is 76.0 Å². The van der Waals surface area contributed by atoms with Gasteiger partial charge in [0.05, 0.1) is 0 Å². The van der Waals surface area contributed by atoms with E-state index in [0.29, 0.717) is 12.8 Å². The van der Waals surface area contributed by atoms with Gasteiger partial charge in [0.1, 0.15) is 18.5 Å². The predicted molar refractivity (Wildman–Crippen MR) is 123 cm³/mol. The summed E-state index contributed by atoms with van der Waals surface area (Å²) >= 11 is 0. The van der Waals surface area contributed by atoms with Gasteiger partial charge < -0.3 is 4.79 Å². The van der Waals surface area contributed by atoms with Crippen LogP contribution in [-0.4, -0.2) is 28.3 Å². The maximum Gasteiger partial charge on any atom is 0.570 e. The summed E-state index contributed by atoms with van der Waals surface area (Å²) in [5.41, 5.74) is 2.48. The molecule has 5 nitrogen and oxygen atoms in total. The molecular weight excluding hydrogens is 411 g/mol. The van der Waals surface area contributed by atoms with Gasteiger partial charge in [0.25, 0.3) is 0 Å². The van der Waals surface area contributed by atoms with Gasteiger partial charge in [0, 0.05) is 11.8 Å². The Kier molecular flexibility index (Phi) is 8.76. The summed E-state index contributed by atoms with van der Waals surface area (Å²) in [7, 11) is -3.83. The zero-order valence-corrected chi connectivity index (χ0v) is 19.2. The van der Waals surface area contributed by atoms with Gasteiger partial charge in [-0.15, -0.1) is 0 Å². The van der Waals surface area contributed by atoms with Crippen LogP contribution in [0.1, 0.15) is 69.4 Å². The molecule has 0 spiro atoms. The lowest BCUT2D eigenvalue weighted by molar-refractivity contribution is -0.117. The van der Waals surface area contributed by atoms with Crippen LogP contribution in [0, 0.1) is 0 Å². The molecule has 2 aromatic carbocycles. The van der Waals surface area contributed by atoms with Crippen molar-refractivity contribution in [1.29, 1.82) is 0 Å². The van der Waals surface area contributed by atoms with E-state index in [1.165, 1.54) is 11.1 Å². The van der Waals surface area contributed by atoms with Crippen LogP contribution in [0.3, 0.4) is 0 Å². The molecule has 0 unspecified atom stereocenters. The van der Waals surface area contributed by atoms with Crippen LogP contribution in [-0.2, 0) is 19.3 Å². The van der Waals surface area contributed by atoms with E-state index in [0.717, 1.165) is 38.5 Å². The van der Waals surface area contributed by atoms with Crippen molar-refractivity contribution in [2.75, 3.05) is 6.61 Å². The van der Waals surface area contributed by atoms with E-state index < -0.39 is 8.17 Å². The van der Waals surface area contributed by atoms with Crippen LogP contribution < -0.4 is 0 Å². The van der Waals surface area contributed by atoms with Gasteiger partial charge in [-0.05, 0) is 56.6 Å². The zero-order chi connectivity index (χ0) is 22.2. The Labute approximate surface area is 186 Å². The Hall–Kier alpha value is -1.62. The number of hydrogen-bond acceptors (Lipinski definition) is 5. The van der Waals surface area contributed by atoms with Gasteiger partial charge in [-0.25, -0.2) is 0 Å². The van der Waals surface area contributed by atoms with Crippen molar-refractivity contribution in [3.05, 3.63) is 71.8 Å². The Morgan fingerprint density at radius 3 is 2.00 bits per heavy atom. The number of Topliss-reactive ketones (excluding diaryl/α,β-unsaturated/α-hetero) is 1. The normalized spacial score (nSPS) is 16.9. The molecule has 1 aliphatic rings. The lowest BCUT2D eigenvalue weighted by Crippen LogP contribution is -2.35. The number of unbranched alkanes of at least 4 members (excludes halogenated alkanes) is 2. The minimum absolute atomic E-state index is 0.0913. The molecule has 0 aromatic heterocycles. The fourth-order valence-electron chi connectivity index (χ4n) is 4.51. The monoisotopic (exact) mass is 445 g/mol. The second-order valence-corrected chi connectivity index (χ2v) is 9.91. The quantitative estimate of drug-likeness (QED) is 0.340. The fourth-order valence-corrected chi connectivity index (χ4v) is 5.54. The number of hydrogen-bond donors (Lipinski definition) is 2. The Morgan fingerprint density at radius 1 is 0.935 bits per heavy atom. The Balaban J connectivity index is 1.55. The highest BCUT2D eigenvalue weighted by molar-refractivity contribution is 7.54. The van der Waals surface area contributed by atoms with Gasteiger partial charge >= 0.3 is 8.17 Å². The minimum atomic E-state index is -3.83.